The number of ether oxygens (including phenoxy) is 1. The van der Waals surface area contributed by atoms with E-state index in [4.69, 9.17) is 16.3 Å². The molecular weight excluding hydrogens is 384 g/mol. The number of halogens is 1. The van der Waals surface area contributed by atoms with Crippen LogP contribution in [0, 0.1) is 0 Å². The van der Waals surface area contributed by atoms with Crippen LogP contribution in [-0.2, 0) is 4.79 Å². The Bertz CT molecular complexity index is 929. The number of benzene rings is 3. The van der Waals surface area contributed by atoms with Crippen molar-refractivity contribution in [3.63, 3.8) is 0 Å². The Balaban J connectivity index is 1.69. The zero-order valence-corrected chi connectivity index (χ0v) is 17.3. The fourth-order valence-corrected chi connectivity index (χ4v) is 3.35. The van der Waals surface area contributed by atoms with Gasteiger partial charge in [-0.2, -0.15) is 0 Å². The Hall–Kier alpha value is -2.82. The Morgan fingerprint density at radius 2 is 1.59 bits per heavy atom. The van der Waals surface area contributed by atoms with Gasteiger partial charge in [-0.1, -0.05) is 66.2 Å². The van der Waals surface area contributed by atoms with Crippen LogP contribution in [0.4, 0.5) is 0 Å². The summed E-state index contributed by atoms with van der Waals surface area (Å²) in [6, 6.07) is 25.1. The number of carbonyl (C=O) groups is 1. The van der Waals surface area contributed by atoms with Gasteiger partial charge < -0.3 is 15.4 Å². The summed E-state index contributed by atoms with van der Waals surface area (Å²) >= 11 is 6.06. The summed E-state index contributed by atoms with van der Waals surface area (Å²) in [6.45, 7) is 2.21. The highest BCUT2D eigenvalue weighted by Gasteiger charge is 2.17. The first-order valence-corrected chi connectivity index (χ1v) is 9.91. The first-order chi connectivity index (χ1) is 14.1. The van der Waals surface area contributed by atoms with Crippen LogP contribution in [0.1, 0.15) is 35.7 Å². The van der Waals surface area contributed by atoms with E-state index < -0.39 is 0 Å². The minimum absolute atomic E-state index is 0.00983. The second-order valence-corrected chi connectivity index (χ2v) is 7.28. The molecule has 0 aliphatic heterocycles. The minimum Gasteiger partial charge on any atom is -0.497 e. The average molecular weight is 409 g/mol. The molecule has 0 bridgehead atoms. The summed E-state index contributed by atoms with van der Waals surface area (Å²) in [5.74, 6) is 0.701. The van der Waals surface area contributed by atoms with E-state index in [0.29, 0.717) is 5.02 Å². The molecule has 0 unspecified atom stereocenters. The summed E-state index contributed by atoms with van der Waals surface area (Å²) in [7, 11) is 1.64. The van der Waals surface area contributed by atoms with Crippen LogP contribution in [0.15, 0.2) is 78.9 Å². The Morgan fingerprint density at radius 1 is 0.931 bits per heavy atom. The van der Waals surface area contributed by atoms with Gasteiger partial charge in [0.1, 0.15) is 5.75 Å². The molecule has 2 atom stereocenters. The number of hydrogen-bond donors (Lipinski definition) is 2. The van der Waals surface area contributed by atoms with Crippen LogP contribution in [-0.4, -0.2) is 19.6 Å². The summed E-state index contributed by atoms with van der Waals surface area (Å²) in [6.07, 6.45) is 0. The lowest BCUT2D eigenvalue weighted by atomic mass is 9.98. The molecule has 0 aliphatic carbocycles. The molecular formula is C24H25ClN2O2. The molecule has 2 N–H and O–H groups in total. The van der Waals surface area contributed by atoms with E-state index in [0.717, 1.165) is 22.4 Å². The second kappa shape index (κ2) is 10.1. The maximum absolute atomic E-state index is 12.7. The van der Waals surface area contributed by atoms with Crippen LogP contribution >= 0.6 is 11.6 Å². The van der Waals surface area contributed by atoms with Gasteiger partial charge in [-0.3, -0.25) is 4.79 Å². The smallest absolute Gasteiger partial charge is 0.234 e. The molecule has 3 rings (SSSR count). The monoisotopic (exact) mass is 408 g/mol. The van der Waals surface area contributed by atoms with Gasteiger partial charge in [-0.05, 0) is 47.9 Å². The van der Waals surface area contributed by atoms with Gasteiger partial charge in [0, 0.05) is 11.1 Å². The number of amides is 1. The number of nitrogens with one attached hydrogen (secondary N) is 2. The zero-order chi connectivity index (χ0) is 20.6. The van der Waals surface area contributed by atoms with E-state index in [1.807, 2.05) is 85.8 Å². The third-order valence-corrected chi connectivity index (χ3v) is 5.04. The van der Waals surface area contributed by atoms with Crippen molar-refractivity contribution in [1.82, 2.24) is 10.6 Å². The van der Waals surface area contributed by atoms with Gasteiger partial charge in [0.2, 0.25) is 5.91 Å². The van der Waals surface area contributed by atoms with Crippen LogP contribution in [0.5, 0.6) is 5.75 Å². The molecule has 0 spiro atoms. The van der Waals surface area contributed by atoms with E-state index in [1.54, 1.807) is 7.11 Å². The van der Waals surface area contributed by atoms with E-state index in [1.165, 1.54) is 0 Å². The van der Waals surface area contributed by atoms with Crippen molar-refractivity contribution in [1.29, 1.82) is 0 Å². The van der Waals surface area contributed by atoms with Gasteiger partial charge >= 0.3 is 0 Å². The minimum atomic E-state index is -0.238. The second-order valence-electron chi connectivity index (χ2n) is 6.84. The molecule has 3 aromatic carbocycles. The molecule has 4 nitrogen and oxygen atoms in total. The van der Waals surface area contributed by atoms with Gasteiger partial charge in [-0.25, -0.2) is 0 Å². The molecule has 150 valence electrons. The quantitative estimate of drug-likeness (QED) is 0.557. The first kappa shape index (κ1) is 20.9. The topological polar surface area (TPSA) is 50.4 Å². The lowest BCUT2D eigenvalue weighted by Crippen LogP contribution is -2.37. The van der Waals surface area contributed by atoms with Crippen molar-refractivity contribution >= 4 is 17.5 Å². The largest absolute Gasteiger partial charge is 0.497 e. The maximum Gasteiger partial charge on any atom is 0.234 e. The van der Waals surface area contributed by atoms with Crippen LogP contribution in [0.25, 0.3) is 0 Å². The van der Waals surface area contributed by atoms with Gasteiger partial charge in [0.15, 0.2) is 0 Å². The van der Waals surface area contributed by atoms with Crippen LogP contribution in [0.3, 0.4) is 0 Å². The highest BCUT2D eigenvalue weighted by atomic mass is 35.5. The molecule has 0 aliphatic rings. The number of methoxy groups -OCH3 is 1. The van der Waals surface area contributed by atoms with Gasteiger partial charge in [0.05, 0.1) is 19.7 Å². The third-order valence-electron chi connectivity index (χ3n) is 4.80. The predicted molar refractivity (Wildman–Crippen MR) is 117 cm³/mol. The van der Waals surface area contributed by atoms with Gasteiger partial charge in [0.25, 0.3) is 0 Å². The molecule has 0 fully saturated rings. The Kier molecular flexibility index (Phi) is 7.28. The van der Waals surface area contributed by atoms with E-state index in [9.17, 15) is 4.79 Å². The fourth-order valence-electron chi connectivity index (χ4n) is 3.15. The maximum atomic E-state index is 12.7. The van der Waals surface area contributed by atoms with Crippen LogP contribution < -0.4 is 15.4 Å². The molecule has 0 saturated carbocycles. The molecule has 0 aromatic heterocycles. The van der Waals surface area contributed by atoms with Crippen molar-refractivity contribution in [2.75, 3.05) is 13.7 Å². The lowest BCUT2D eigenvalue weighted by molar-refractivity contribution is -0.120. The number of rotatable bonds is 8. The number of hydrogen-bond acceptors (Lipinski definition) is 3. The highest BCUT2D eigenvalue weighted by molar-refractivity contribution is 6.30. The lowest BCUT2D eigenvalue weighted by Gasteiger charge is -2.21. The van der Waals surface area contributed by atoms with E-state index in [2.05, 4.69) is 10.6 Å². The fraction of sp³-hybridized carbons (Fsp3) is 0.208. The molecule has 1 amide bonds. The van der Waals surface area contributed by atoms with Crippen LogP contribution in [0.2, 0.25) is 5.02 Å². The number of carbonyl (C=O) groups excluding carboxylic acids is 1. The normalized spacial score (nSPS) is 12.8. The molecule has 0 radical (unpaired) electrons. The van der Waals surface area contributed by atoms with E-state index >= 15 is 0 Å². The summed E-state index contributed by atoms with van der Waals surface area (Å²) in [4.78, 5) is 12.7. The van der Waals surface area contributed by atoms with Crippen molar-refractivity contribution < 1.29 is 9.53 Å². The standard InChI is InChI=1S/C24H25ClN2O2/c1-17(20-9-6-10-21(25)15-20)26-16-23(28)27-24(18-7-4-3-5-8-18)19-11-13-22(29-2)14-12-19/h3-15,17,24,26H,16H2,1-2H3,(H,27,28)/t17-,24+/m0/s1. The molecule has 0 saturated heterocycles. The summed E-state index contributed by atoms with van der Waals surface area (Å²) < 4.78 is 5.24. The molecule has 3 aromatic rings. The Morgan fingerprint density at radius 3 is 2.24 bits per heavy atom. The van der Waals surface area contributed by atoms with Gasteiger partial charge in [-0.15, -0.1) is 0 Å². The summed E-state index contributed by atoms with van der Waals surface area (Å²) in [5.41, 5.74) is 3.06. The molecule has 29 heavy (non-hydrogen) atoms. The van der Waals surface area contributed by atoms with Crippen molar-refractivity contribution in [3.05, 3.63) is 101 Å². The van der Waals surface area contributed by atoms with Crippen molar-refractivity contribution in [2.24, 2.45) is 0 Å². The zero-order valence-electron chi connectivity index (χ0n) is 16.6. The Labute approximate surface area is 176 Å². The average Bonchev–Trinajstić information content (AvgIpc) is 2.76. The molecule has 5 heteroatoms. The SMILES string of the molecule is COc1ccc([C@H](NC(=O)CN[C@@H](C)c2cccc(Cl)c2)c2ccccc2)cc1. The predicted octanol–water partition coefficient (Wildman–Crippen LogP) is 4.91. The van der Waals surface area contributed by atoms with Crippen molar-refractivity contribution in [2.45, 2.75) is 19.0 Å². The molecule has 0 heterocycles. The van der Waals surface area contributed by atoms with E-state index in [-0.39, 0.29) is 24.5 Å². The summed E-state index contributed by atoms with van der Waals surface area (Å²) in [5, 5.41) is 7.08. The first-order valence-electron chi connectivity index (χ1n) is 9.54. The highest BCUT2D eigenvalue weighted by Crippen LogP contribution is 2.24. The third kappa shape index (κ3) is 5.83. The van der Waals surface area contributed by atoms with Crippen molar-refractivity contribution in [3.8, 4) is 5.75 Å².